The van der Waals surface area contributed by atoms with Crippen molar-refractivity contribution in [2.75, 3.05) is 50.9 Å². The van der Waals surface area contributed by atoms with Gasteiger partial charge in [0.25, 0.3) is 0 Å². The number of carbonyl (C=O) groups is 1. The molecule has 2 N–H and O–H groups in total. The monoisotopic (exact) mass is 552 g/mol. The largest absolute Gasteiger partial charge is 0.492 e. The number of piperidine rings is 1. The van der Waals surface area contributed by atoms with Gasteiger partial charge in [-0.25, -0.2) is 9.97 Å². The average molecular weight is 553 g/mol. The normalized spacial score (nSPS) is 18.5. The standard InChI is InChI=1S/C32H36N6O3/c33-21-26-20-25(3-6-29(26)41-22-24-8-13-38(14-9-24)31(39)32(34)10-11-32)28-7-12-35-30(36-28)19-23-1-4-27(5-2-23)37-15-17-40-18-16-37/h1-7,12,20,24H,8-11,13-19,22,34H2. The van der Waals surface area contributed by atoms with Crippen LogP contribution in [-0.2, 0) is 16.0 Å². The number of amides is 1. The van der Waals surface area contributed by atoms with Crippen LogP contribution in [0.3, 0.4) is 0 Å². The Morgan fingerprint density at radius 1 is 1.07 bits per heavy atom. The van der Waals surface area contributed by atoms with E-state index in [0.717, 1.165) is 74.6 Å². The fourth-order valence-corrected chi connectivity index (χ4v) is 5.55. The number of hydrogen-bond acceptors (Lipinski definition) is 8. The van der Waals surface area contributed by atoms with Crippen molar-refractivity contribution in [3.8, 4) is 23.1 Å². The maximum absolute atomic E-state index is 12.5. The number of hydrogen-bond donors (Lipinski definition) is 1. The van der Waals surface area contributed by atoms with Crippen LogP contribution in [0.4, 0.5) is 5.69 Å². The first-order valence-corrected chi connectivity index (χ1v) is 14.5. The minimum Gasteiger partial charge on any atom is -0.492 e. The lowest BCUT2D eigenvalue weighted by Crippen LogP contribution is -2.49. The summed E-state index contributed by atoms with van der Waals surface area (Å²) in [6.07, 6.45) is 5.73. The summed E-state index contributed by atoms with van der Waals surface area (Å²) in [5, 5.41) is 9.84. The van der Waals surface area contributed by atoms with Gasteiger partial charge in [-0.3, -0.25) is 4.79 Å². The Morgan fingerprint density at radius 3 is 2.54 bits per heavy atom. The lowest BCUT2D eigenvalue weighted by Gasteiger charge is -2.33. The average Bonchev–Trinajstić information content (AvgIpc) is 3.79. The van der Waals surface area contributed by atoms with Crippen molar-refractivity contribution in [3.63, 3.8) is 0 Å². The first kappa shape index (κ1) is 27.2. The van der Waals surface area contributed by atoms with Gasteiger partial charge in [-0.05, 0) is 73.6 Å². The number of ether oxygens (including phenoxy) is 2. The Hall–Kier alpha value is -4.00. The van der Waals surface area contributed by atoms with Crippen LogP contribution in [-0.4, -0.2) is 72.3 Å². The second-order valence-corrected chi connectivity index (χ2v) is 11.3. The summed E-state index contributed by atoms with van der Waals surface area (Å²) in [7, 11) is 0. The molecule has 2 saturated heterocycles. The number of likely N-dealkylation sites (tertiary alicyclic amines) is 1. The fraction of sp³-hybridized carbons (Fsp3) is 0.438. The van der Waals surface area contributed by atoms with Crippen molar-refractivity contribution in [2.24, 2.45) is 11.7 Å². The molecule has 0 bridgehead atoms. The molecule has 3 fully saturated rings. The molecule has 2 aliphatic heterocycles. The highest BCUT2D eigenvalue weighted by Gasteiger charge is 2.48. The molecule has 1 aromatic heterocycles. The summed E-state index contributed by atoms with van der Waals surface area (Å²) in [6.45, 7) is 5.30. The summed E-state index contributed by atoms with van der Waals surface area (Å²) in [5.41, 5.74) is 9.93. The molecule has 0 spiro atoms. The minimum absolute atomic E-state index is 0.0915. The minimum atomic E-state index is -0.605. The smallest absolute Gasteiger partial charge is 0.242 e. The lowest BCUT2D eigenvalue weighted by molar-refractivity contribution is -0.135. The highest BCUT2D eigenvalue weighted by molar-refractivity contribution is 5.89. The first-order chi connectivity index (χ1) is 20.0. The first-order valence-electron chi connectivity index (χ1n) is 14.5. The third-order valence-corrected chi connectivity index (χ3v) is 8.37. The van der Waals surface area contributed by atoms with Gasteiger partial charge >= 0.3 is 0 Å². The highest BCUT2D eigenvalue weighted by atomic mass is 16.5. The molecule has 3 aliphatic rings. The molecule has 6 rings (SSSR count). The second-order valence-electron chi connectivity index (χ2n) is 11.3. The van der Waals surface area contributed by atoms with Gasteiger partial charge < -0.3 is 25.0 Å². The maximum Gasteiger partial charge on any atom is 0.242 e. The van der Waals surface area contributed by atoms with Gasteiger partial charge in [0, 0.05) is 50.0 Å². The zero-order chi connectivity index (χ0) is 28.2. The van der Waals surface area contributed by atoms with Crippen LogP contribution in [0, 0.1) is 17.2 Å². The van der Waals surface area contributed by atoms with E-state index in [1.807, 2.05) is 29.2 Å². The van der Waals surface area contributed by atoms with Crippen LogP contribution in [0.5, 0.6) is 5.75 Å². The van der Waals surface area contributed by atoms with Crippen molar-refractivity contribution in [1.29, 1.82) is 5.26 Å². The fourth-order valence-electron chi connectivity index (χ4n) is 5.55. The molecule has 9 nitrogen and oxygen atoms in total. The van der Waals surface area contributed by atoms with E-state index >= 15 is 0 Å². The Bertz CT molecular complexity index is 1420. The number of rotatable bonds is 8. The zero-order valence-electron chi connectivity index (χ0n) is 23.3. The Balaban J connectivity index is 1.06. The van der Waals surface area contributed by atoms with Gasteiger partial charge in [-0.15, -0.1) is 0 Å². The van der Waals surface area contributed by atoms with Crippen molar-refractivity contribution in [2.45, 2.75) is 37.6 Å². The summed E-state index contributed by atoms with van der Waals surface area (Å²) in [6, 6.07) is 18.3. The van der Waals surface area contributed by atoms with Crippen molar-refractivity contribution < 1.29 is 14.3 Å². The van der Waals surface area contributed by atoms with E-state index < -0.39 is 5.54 Å². The second kappa shape index (κ2) is 11.9. The van der Waals surface area contributed by atoms with Gasteiger partial charge in [-0.1, -0.05) is 12.1 Å². The van der Waals surface area contributed by atoms with Crippen LogP contribution >= 0.6 is 0 Å². The number of aromatic nitrogens is 2. The molecule has 0 unspecified atom stereocenters. The van der Waals surface area contributed by atoms with Crippen molar-refractivity contribution in [1.82, 2.24) is 14.9 Å². The predicted octanol–water partition coefficient (Wildman–Crippen LogP) is 3.55. The third kappa shape index (κ3) is 6.34. The van der Waals surface area contributed by atoms with E-state index in [1.54, 1.807) is 6.20 Å². The summed E-state index contributed by atoms with van der Waals surface area (Å²) in [4.78, 5) is 26.0. The maximum atomic E-state index is 12.5. The van der Waals surface area contributed by atoms with E-state index in [1.165, 1.54) is 5.69 Å². The Labute approximate surface area is 240 Å². The number of anilines is 1. The molecule has 1 amide bonds. The molecule has 3 heterocycles. The molecular formula is C32H36N6O3. The summed E-state index contributed by atoms with van der Waals surface area (Å²) < 4.78 is 11.5. The van der Waals surface area contributed by atoms with Gasteiger partial charge in [0.15, 0.2) is 0 Å². The van der Waals surface area contributed by atoms with Crippen LogP contribution < -0.4 is 15.4 Å². The molecule has 1 saturated carbocycles. The number of nitriles is 1. The van der Waals surface area contributed by atoms with Crippen LogP contribution in [0.1, 0.15) is 42.6 Å². The van der Waals surface area contributed by atoms with E-state index in [9.17, 15) is 10.1 Å². The number of benzene rings is 2. The Morgan fingerprint density at radius 2 is 1.83 bits per heavy atom. The topological polar surface area (TPSA) is 118 Å². The number of nitrogens with two attached hydrogens (primary N) is 1. The van der Waals surface area contributed by atoms with Gasteiger partial charge in [0.05, 0.1) is 36.6 Å². The number of carbonyl (C=O) groups excluding carboxylic acids is 1. The van der Waals surface area contributed by atoms with Gasteiger partial charge in [0.1, 0.15) is 17.6 Å². The molecule has 41 heavy (non-hydrogen) atoms. The highest BCUT2D eigenvalue weighted by Crippen LogP contribution is 2.35. The molecular weight excluding hydrogens is 516 g/mol. The SMILES string of the molecule is N#Cc1cc(-c2ccnc(Cc3ccc(N4CCOCC4)cc3)n2)ccc1OCC1CCN(C(=O)C2(N)CC2)CC1. The van der Waals surface area contributed by atoms with Crippen LogP contribution in [0.15, 0.2) is 54.7 Å². The lowest BCUT2D eigenvalue weighted by atomic mass is 9.97. The number of nitrogens with zero attached hydrogens (tertiary/aromatic N) is 5. The summed E-state index contributed by atoms with van der Waals surface area (Å²) in [5.74, 6) is 1.73. The van der Waals surface area contributed by atoms with Gasteiger partial charge in [-0.2, -0.15) is 5.26 Å². The molecule has 3 aromatic rings. The zero-order valence-corrected chi connectivity index (χ0v) is 23.3. The third-order valence-electron chi connectivity index (χ3n) is 8.37. The summed E-state index contributed by atoms with van der Waals surface area (Å²) >= 11 is 0. The van der Waals surface area contributed by atoms with E-state index in [-0.39, 0.29) is 5.91 Å². The van der Waals surface area contributed by atoms with E-state index in [2.05, 4.69) is 40.2 Å². The molecule has 1 aliphatic carbocycles. The molecule has 2 aromatic carbocycles. The molecule has 9 heteroatoms. The van der Waals surface area contributed by atoms with Gasteiger partial charge in [0.2, 0.25) is 5.91 Å². The number of morpholine rings is 1. The van der Waals surface area contributed by atoms with Crippen LogP contribution in [0.25, 0.3) is 11.3 Å². The predicted molar refractivity (Wildman–Crippen MR) is 155 cm³/mol. The van der Waals surface area contributed by atoms with E-state index in [0.29, 0.717) is 43.3 Å². The van der Waals surface area contributed by atoms with E-state index in [4.69, 9.17) is 20.2 Å². The molecule has 212 valence electrons. The molecule has 0 radical (unpaired) electrons. The van der Waals surface area contributed by atoms with Crippen molar-refractivity contribution in [3.05, 3.63) is 71.7 Å². The van der Waals surface area contributed by atoms with Crippen molar-refractivity contribution >= 4 is 11.6 Å². The van der Waals surface area contributed by atoms with Crippen LogP contribution in [0.2, 0.25) is 0 Å². The quantitative estimate of drug-likeness (QED) is 0.451. The molecule has 0 atom stereocenters. The Kier molecular flexibility index (Phi) is 7.86.